The summed E-state index contributed by atoms with van der Waals surface area (Å²) in [4.78, 5) is 27.5. The molecule has 1 aliphatic carbocycles. The molecule has 2 heterocycles. The van der Waals surface area contributed by atoms with E-state index in [1.54, 1.807) is 5.38 Å². The van der Waals surface area contributed by atoms with Gasteiger partial charge in [-0.2, -0.15) is 5.10 Å². The number of nitro groups is 1. The third kappa shape index (κ3) is 3.31. The van der Waals surface area contributed by atoms with Gasteiger partial charge in [0.2, 0.25) is 0 Å². The smallest absolute Gasteiger partial charge is 0.267 e. The number of carbonyl (C=O) groups excluding carboxylic acids is 1. The molecule has 26 heavy (non-hydrogen) atoms. The summed E-state index contributed by atoms with van der Waals surface area (Å²) in [5.41, 5.74) is 5.33. The molecule has 0 spiro atoms. The number of para-hydroxylation sites is 1. The zero-order valence-electron chi connectivity index (χ0n) is 13.6. The van der Waals surface area contributed by atoms with Crippen molar-refractivity contribution in [2.24, 2.45) is 5.10 Å². The topological polar surface area (TPSA) is 97.5 Å². The minimum Gasteiger partial charge on any atom is -0.267 e. The molecule has 7 nitrogen and oxygen atoms in total. The van der Waals surface area contributed by atoms with Crippen LogP contribution in [0.3, 0.4) is 0 Å². The fourth-order valence-corrected chi connectivity index (χ4v) is 3.38. The number of amides is 1. The lowest BCUT2D eigenvalue weighted by Crippen LogP contribution is -2.18. The number of pyridine rings is 1. The molecule has 1 aliphatic rings. The molecular formula is C18H14N4O3S. The van der Waals surface area contributed by atoms with Gasteiger partial charge in [0.25, 0.3) is 5.91 Å². The van der Waals surface area contributed by atoms with Gasteiger partial charge in [0.05, 0.1) is 22.2 Å². The van der Waals surface area contributed by atoms with Crippen molar-refractivity contribution in [1.29, 1.82) is 0 Å². The van der Waals surface area contributed by atoms with Gasteiger partial charge in [-0.3, -0.25) is 19.9 Å². The fraction of sp³-hybridized carbons (Fsp3) is 0.167. The zero-order chi connectivity index (χ0) is 18.1. The lowest BCUT2D eigenvalue weighted by molar-refractivity contribution is -0.380. The number of nitrogens with zero attached hydrogens (tertiary/aromatic N) is 3. The predicted octanol–water partition coefficient (Wildman–Crippen LogP) is 3.85. The van der Waals surface area contributed by atoms with Crippen LogP contribution in [0.2, 0.25) is 0 Å². The molecule has 0 radical (unpaired) electrons. The Balaban J connectivity index is 1.57. The maximum atomic E-state index is 12.6. The number of benzene rings is 1. The maximum absolute atomic E-state index is 12.6. The molecule has 1 amide bonds. The van der Waals surface area contributed by atoms with E-state index in [9.17, 15) is 14.9 Å². The number of hydrazone groups is 1. The Morgan fingerprint density at radius 2 is 2.15 bits per heavy atom. The van der Waals surface area contributed by atoms with Crippen molar-refractivity contribution in [2.45, 2.75) is 18.8 Å². The standard InChI is InChI=1S/C18H14N4O3S/c23-18(21-19-9-11-7-17(22(24)25)26-10-11)14-8-16(12-5-6-12)20-15-4-2-1-3-13(14)15/h1-4,7-10,12H,5-6H2,(H,21,23). The van der Waals surface area contributed by atoms with Crippen molar-refractivity contribution < 1.29 is 9.72 Å². The van der Waals surface area contributed by atoms with E-state index in [0.717, 1.165) is 40.8 Å². The maximum Gasteiger partial charge on any atom is 0.324 e. The summed E-state index contributed by atoms with van der Waals surface area (Å²) in [7, 11) is 0. The highest BCUT2D eigenvalue weighted by Crippen LogP contribution is 2.40. The van der Waals surface area contributed by atoms with Gasteiger partial charge in [-0.25, -0.2) is 5.43 Å². The SMILES string of the molecule is O=C(NN=Cc1csc([N+](=O)[O-])c1)c1cc(C2CC2)nc2ccccc12. The molecule has 8 heteroatoms. The Bertz CT molecular complexity index is 1040. The van der Waals surface area contributed by atoms with Gasteiger partial charge in [-0.1, -0.05) is 29.5 Å². The van der Waals surface area contributed by atoms with E-state index in [4.69, 9.17) is 0 Å². The van der Waals surface area contributed by atoms with Crippen molar-refractivity contribution in [3.63, 3.8) is 0 Å². The van der Waals surface area contributed by atoms with Gasteiger partial charge in [0.15, 0.2) is 0 Å². The third-order valence-corrected chi connectivity index (χ3v) is 5.04. The molecule has 1 saturated carbocycles. The molecule has 0 aliphatic heterocycles. The summed E-state index contributed by atoms with van der Waals surface area (Å²) in [5, 5.41) is 17.0. The molecule has 0 bridgehead atoms. The van der Waals surface area contributed by atoms with Crippen LogP contribution >= 0.6 is 11.3 Å². The minimum atomic E-state index is -0.455. The van der Waals surface area contributed by atoms with E-state index in [1.807, 2.05) is 30.3 Å². The van der Waals surface area contributed by atoms with E-state index >= 15 is 0 Å². The Kier molecular flexibility index (Phi) is 4.18. The van der Waals surface area contributed by atoms with Crippen LogP contribution in [0.15, 0.2) is 46.9 Å². The van der Waals surface area contributed by atoms with Crippen molar-refractivity contribution >= 4 is 39.4 Å². The molecule has 1 N–H and O–H groups in total. The molecule has 1 fully saturated rings. The first-order valence-electron chi connectivity index (χ1n) is 8.08. The number of rotatable bonds is 5. The largest absolute Gasteiger partial charge is 0.324 e. The van der Waals surface area contributed by atoms with Crippen molar-refractivity contribution in [3.8, 4) is 0 Å². The van der Waals surface area contributed by atoms with Crippen LogP contribution in [0.5, 0.6) is 0 Å². The lowest BCUT2D eigenvalue weighted by Gasteiger charge is -2.08. The molecule has 3 aromatic rings. The Hall–Kier alpha value is -3.13. The first-order chi connectivity index (χ1) is 12.6. The first kappa shape index (κ1) is 16.3. The Morgan fingerprint density at radius 3 is 2.88 bits per heavy atom. The Morgan fingerprint density at radius 1 is 1.35 bits per heavy atom. The number of thiophene rings is 1. The molecule has 0 atom stereocenters. The molecule has 130 valence electrons. The fourth-order valence-electron chi connectivity index (χ4n) is 2.70. The Labute approximate surface area is 152 Å². The van der Waals surface area contributed by atoms with Crippen LogP contribution in [-0.4, -0.2) is 22.0 Å². The number of carbonyl (C=O) groups is 1. The highest BCUT2D eigenvalue weighted by atomic mass is 32.1. The quantitative estimate of drug-likeness (QED) is 0.421. The highest BCUT2D eigenvalue weighted by Gasteiger charge is 2.26. The summed E-state index contributed by atoms with van der Waals surface area (Å²) in [6, 6.07) is 10.8. The summed E-state index contributed by atoms with van der Waals surface area (Å²) >= 11 is 1.02. The number of fused-ring (bicyclic) bond motifs is 1. The van der Waals surface area contributed by atoms with Crippen LogP contribution in [0, 0.1) is 10.1 Å². The van der Waals surface area contributed by atoms with Crippen molar-refractivity contribution in [3.05, 3.63) is 68.7 Å². The normalized spacial score (nSPS) is 14.0. The number of aromatic nitrogens is 1. The van der Waals surface area contributed by atoms with Gasteiger partial charge >= 0.3 is 5.00 Å². The van der Waals surface area contributed by atoms with E-state index in [-0.39, 0.29) is 10.9 Å². The zero-order valence-corrected chi connectivity index (χ0v) is 14.4. The molecule has 0 unspecified atom stereocenters. The van der Waals surface area contributed by atoms with E-state index < -0.39 is 4.92 Å². The summed E-state index contributed by atoms with van der Waals surface area (Å²) in [5.74, 6) is 0.104. The van der Waals surface area contributed by atoms with Crippen LogP contribution in [0.25, 0.3) is 10.9 Å². The summed E-state index contributed by atoms with van der Waals surface area (Å²) in [6.45, 7) is 0. The van der Waals surface area contributed by atoms with Crippen LogP contribution in [-0.2, 0) is 0 Å². The molecule has 1 aromatic carbocycles. The van der Waals surface area contributed by atoms with Crippen LogP contribution in [0.1, 0.15) is 40.4 Å². The average molecular weight is 366 g/mol. The summed E-state index contributed by atoms with van der Waals surface area (Å²) in [6.07, 6.45) is 3.59. The van der Waals surface area contributed by atoms with Gasteiger partial charge in [0, 0.05) is 34.0 Å². The predicted molar refractivity (Wildman–Crippen MR) is 99.8 cm³/mol. The molecule has 2 aromatic heterocycles. The molecule has 4 rings (SSSR count). The average Bonchev–Trinajstić information content (AvgIpc) is 3.39. The molecular weight excluding hydrogens is 352 g/mol. The second-order valence-electron chi connectivity index (χ2n) is 6.06. The van der Waals surface area contributed by atoms with E-state index in [2.05, 4.69) is 15.5 Å². The van der Waals surface area contributed by atoms with E-state index in [0.29, 0.717) is 17.0 Å². The molecule has 0 saturated heterocycles. The van der Waals surface area contributed by atoms with Crippen LogP contribution < -0.4 is 5.43 Å². The van der Waals surface area contributed by atoms with Gasteiger partial charge in [-0.15, -0.1) is 0 Å². The monoisotopic (exact) mass is 366 g/mol. The first-order valence-corrected chi connectivity index (χ1v) is 8.96. The number of hydrogen-bond donors (Lipinski definition) is 1. The number of nitrogens with one attached hydrogen (secondary N) is 1. The van der Waals surface area contributed by atoms with Crippen LogP contribution in [0.4, 0.5) is 5.00 Å². The second-order valence-corrected chi connectivity index (χ2v) is 6.95. The van der Waals surface area contributed by atoms with E-state index in [1.165, 1.54) is 12.3 Å². The highest BCUT2D eigenvalue weighted by molar-refractivity contribution is 7.13. The third-order valence-electron chi connectivity index (χ3n) is 4.14. The minimum absolute atomic E-state index is 0.0342. The van der Waals surface area contributed by atoms with Gasteiger partial charge < -0.3 is 0 Å². The summed E-state index contributed by atoms with van der Waals surface area (Å²) < 4.78 is 0. The second kappa shape index (κ2) is 6.64. The lowest BCUT2D eigenvalue weighted by atomic mass is 10.1. The van der Waals surface area contributed by atoms with Gasteiger partial charge in [-0.05, 0) is 25.0 Å². The van der Waals surface area contributed by atoms with Crippen molar-refractivity contribution in [2.75, 3.05) is 0 Å². The number of hydrogen-bond acceptors (Lipinski definition) is 6. The van der Waals surface area contributed by atoms with Crippen molar-refractivity contribution in [1.82, 2.24) is 10.4 Å². The van der Waals surface area contributed by atoms with Gasteiger partial charge in [0.1, 0.15) is 0 Å².